The summed E-state index contributed by atoms with van der Waals surface area (Å²) < 4.78 is 10.9. The molecular formula is C9H17N3O3S. The second-order valence-corrected chi connectivity index (χ2v) is 5.67. The van der Waals surface area contributed by atoms with E-state index in [0.717, 1.165) is 0 Å². The maximum atomic E-state index is 11.8. The standard InChI is InChI=1S/C9H17N3O3S/c1-6(5-16(2)15)11-7(13)9(3-4-9)12-8(10)14/h6H,3-5H2,1-2H3,(H,11,13)(H3,10,12,14). The summed E-state index contributed by atoms with van der Waals surface area (Å²) in [6, 6.07) is -0.871. The van der Waals surface area contributed by atoms with Gasteiger partial charge in [0.05, 0.1) is 0 Å². The summed E-state index contributed by atoms with van der Waals surface area (Å²) in [5, 5.41) is 5.16. The van der Waals surface area contributed by atoms with Crippen molar-refractivity contribution in [1.82, 2.24) is 10.6 Å². The highest BCUT2D eigenvalue weighted by atomic mass is 32.2. The monoisotopic (exact) mass is 247 g/mol. The number of primary amides is 1. The fourth-order valence-corrected chi connectivity index (χ4v) is 2.31. The van der Waals surface area contributed by atoms with E-state index in [9.17, 15) is 13.8 Å². The number of amides is 3. The SMILES string of the molecule is CC(CS(C)=O)NC(=O)C1(NC(N)=O)CC1. The summed E-state index contributed by atoms with van der Waals surface area (Å²) in [7, 11) is -0.956. The molecule has 2 unspecified atom stereocenters. The zero-order chi connectivity index (χ0) is 12.3. The van der Waals surface area contributed by atoms with Crippen molar-refractivity contribution < 1.29 is 13.8 Å². The van der Waals surface area contributed by atoms with Gasteiger partial charge < -0.3 is 16.4 Å². The molecule has 1 aliphatic carbocycles. The van der Waals surface area contributed by atoms with E-state index < -0.39 is 22.4 Å². The molecule has 0 aromatic carbocycles. The number of rotatable bonds is 5. The molecule has 0 aromatic heterocycles. The van der Waals surface area contributed by atoms with Gasteiger partial charge in [0.15, 0.2) is 0 Å². The number of nitrogens with one attached hydrogen (secondary N) is 2. The summed E-state index contributed by atoms with van der Waals surface area (Å²) >= 11 is 0. The van der Waals surface area contributed by atoms with Gasteiger partial charge in [0.2, 0.25) is 5.91 Å². The zero-order valence-corrected chi connectivity index (χ0v) is 10.2. The minimum atomic E-state index is -0.956. The van der Waals surface area contributed by atoms with Crippen LogP contribution in [0, 0.1) is 0 Å². The van der Waals surface area contributed by atoms with Crippen molar-refractivity contribution >= 4 is 22.7 Å². The third-order valence-electron chi connectivity index (χ3n) is 2.41. The van der Waals surface area contributed by atoms with E-state index in [-0.39, 0.29) is 11.9 Å². The second kappa shape index (κ2) is 4.82. The molecule has 0 bridgehead atoms. The van der Waals surface area contributed by atoms with E-state index in [0.29, 0.717) is 18.6 Å². The maximum absolute atomic E-state index is 11.8. The summed E-state index contributed by atoms with van der Waals surface area (Å²) in [6.45, 7) is 1.78. The van der Waals surface area contributed by atoms with Gasteiger partial charge in [0.25, 0.3) is 0 Å². The molecule has 4 N–H and O–H groups in total. The molecule has 1 saturated carbocycles. The van der Waals surface area contributed by atoms with Crippen LogP contribution in [0.3, 0.4) is 0 Å². The van der Waals surface area contributed by atoms with Gasteiger partial charge in [-0.15, -0.1) is 0 Å². The van der Waals surface area contributed by atoms with Crippen LogP contribution in [0.1, 0.15) is 19.8 Å². The Kier molecular flexibility index (Phi) is 3.90. The highest BCUT2D eigenvalue weighted by Gasteiger charge is 2.51. The van der Waals surface area contributed by atoms with Crippen LogP contribution in [0.15, 0.2) is 0 Å². The average molecular weight is 247 g/mol. The van der Waals surface area contributed by atoms with E-state index in [2.05, 4.69) is 10.6 Å². The summed E-state index contributed by atoms with van der Waals surface area (Å²) in [4.78, 5) is 22.5. The Morgan fingerprint density at radius 2 is 2.06 bits per heavy atom. The lowest BCUT2D eigenvalue weighted by Gasteiger charge is -2.19. The van der Waals surface area contributed by atoms with E-state index in [1.165, 1.54) is 0 Å². The van der Waals surface area contributed by atoms with Crippen molar-refractivity contribution in [2.45, 2.75) is 31.3 Å². The number of hydrogen-bond donors (Lipinski definition) is 3. The van der Waals surface area contributed by atoms with Gasteiger partial charge >= 0.3 is 6.03 Å². The molecule has 0 aromatic rings. The van der Waals surface area contributed by atoms with Crippen molar-refractivity contribution in [2.24, 2.45) is 5.73 Å². The van der Waals surface area contributed by atoms with Crippen LogP contribution in [0.5, 0.6) is 0 Å². The molecule has 7 heteroatoms. The number of urea groups is 1. The van der Waals surface area contributed by atoms with E-state index in [1.54, 1.807) is 13.2 Å². The number of nitrogens with two attached hydrogens (primary N) is 1. The molecule has 3 amide bonds. The maximum Gasteiger partial charge on any atom is 0.313 e. The number of carbonyl (C=O) groups is 2. The van der Waals surface area contributed by atoms with Gasteiger partial charge in [-0.05, 0) is 19.8 Å². The average Bonchev–Trinajstić information content (AvgIpc) is 2.82. The Balaban J connectivity index is 2.46. The third-order valence-corrected chi connectivity index (χ3v) is 3.38. The second-order valence-electron chi connectivity index (χ2n) is 4.19. The minimum Gasteiger partial charge on any atom is -0.352 e. The molecule has 92 valence electrons. The number of carbonyl (C=O) groups excluding carboxylic acids is 2. The van der Waals surface area contributed by atoms with Gasteiger partial charge in [0, 0.05) is 28.9 Å². The van der Waals surface area contributed by atoms with E-state index in [1.807, 2.05) is 0 Å². The van der Waals surface area contributed by atoms with E-state index in [4.69, 9.17) is 5.73 Å². The highest BCUT2D eigenvalue weighted by Crippen LogP contribution is 2.35. The molecule has 2 atom stereocenters. The van der Waals surface area contributed by atoms with Gasteiger partial charge in [-0.1, -0.05) is 0 Å². The van der Waals surface area contributed by atoms with Gasteiger partial charge in [-0.25, -0.2) is 4.79 Å². The first-order valence-electron chi connectivity index (χ1n) is 5.04. The van der Waals surface area contributed by atoms with E-state index >= 15 is 0 Å². The molecule has 1 aliphatic rings. The third kappa shape index (κ3) is 3.48. The quantitative estimate of drug-likeness (QED) is 0.585. The summed E-state index contributed by atoms with van der Waals surface area (Å²) in [5.41, 5.74) is 4.17. The smallest absolute Gasteiger partial charge is 0.313 e. The summed E-state index contributed by atoms with van der Waals surface area (Å²) in [5.74, 6) is 0.155. The van der Waals surface area contributed by atoms with Crippen LogP contribution in [-0.2, 0) is 15.6 Å². The Labute approximate surface area is 96.8 Å². The van der Waals surface area contributed by atoms with Crippen LogP contribution in [0.25, 0.3) is 0 Å². The zero-order valence-electron chi connectivity index (χ0n) is 9.41. The van der Waals surface area contributed by atoms with Crippen LogP contribution in [0.2, 0.25) is 0 Å². The van der Waals surface area contributed by atoms with Gasteiger partial charge in [-0.3, -0.25) is 9.00 Å². The van der Waals surface area contributed by atoms with Crippen LogP contribution in [0.4, 0.5) is 4.79 Å². The Morgan fingerprint density at radius 3 is 2.44 bits per heavy atom. The van der Waals surface area contributed by atoms with Gasteiger partial charge in [-0.2, -0.15) is 0 Å². The fourth-order valence-electron chi connectivity index (χ4n) is 1.53. The predicted octanol–water partition coefficient (Wildman–Crippen LogP) is -0.929. The Bertz CT molecular complexity index is 328. The molecule has 6 nitrogen and oxygen atoms in total. The Hall–Kier alpha value is -1.11. The van der Waals surface area contributed by atoms with Crippen molar-refractivity contribution in [2.75, 3.05) is 12.0 Å². The summed E-state index contributed by atoms with van der Waals surface area (Å²) in [6.07, 6.45) is 2.78. The molecule has 1 fully saturated rings. The highest BCUT2D eigenvalue weighted by molar-refractivity contribution is 7.84. The molecular weight excluding hydrogens is 230 g/mol. The first-order chi connectivity index (χ1) is 7.35. The first kappa shape index (κ1) is 13.0. The van der Waals surface area contributed by atoms with Crippen molar-refractivity contribution in [3.05, 3.63) is 0 Å². The minimum absolute atomic E-state index is 0.175. The van der Waals surface area contributed by atoms with Gasteiger partial charge in [0.1, 0.15) is 5.54 Å². The molecule has 0 aliphatic heterocycles. The van der Waals surface area contributed by atoms with Crippen LogP contribution in [-0.4, -0.2) is 39.7 Å². The lowest BCUT2D eigenvalue weighted by Crippen LogP contribution is -2.53. The molecule has 0 heterocycles. The lowest BCUT2D eigenvalue weighted by atomic mass is 10.2. The normalized spacial score (nSPS) is 20.6. The largest absolute Gasteiger partial charge is 0.352 e. The first-order valence-corrected chi connectivity index (χ1v) is 6.77. The van der Waals surface area contributed by atoms with Crippen molar-refractivity contribution in [3.8, 4) is 0 Å². The number of hydrogen-bond acceptors (Lipinski definition) is 3. The molecule has 16 heavy (non-hydrogen) atoms. The van der Waals surface area contributed by atoms with Crippen molar-refractivity contribution in [3.63, 3.8) is 0 Å². The molecule has 0 spiro atoms. The molecule has 0 saturated heterocycles. The molecule has 0 radical (unpaired) electrons. The molecule has 1 rings (SSSR count). The topological polar surface area (TPSA) is 101 Å². The Morgan fingerprint density at radius 1 is 1.50 bits per heavy atom. The van der Waals surface area contributed by atoms with Crippen LogP contribution < -0.4 is 16.4 Å². The lowest BCUT2D eigenvalue weighted by molar-refractivity contribution is -0.124. The predicted molar refractivity (Wildman–Crippen MR) is 61.2 cm³/mol. The van der Waals surface area contributed by atoms with Crippen molar-refractivity contribution in [1.29, 1.82) is 0 Å². The fraction of sp³-hybridized carbons (Fsp3) is 0.778. The van der Waals surface area contributed by atoms with Crippen LogP contribution >= 0.6 is 0 Å².